The molecule has 5 nitrogen and oxygen atoms in total. The zero-order valence-corrected chi connectivity index (χ0v) is 10.1. The first-order valence-electron chi connectivity index (χ1n) is 5.06. The molecule has 0 saturated heterocycles. The number of hydrogen-bond donors (Lipinski definition) is 2. The van der Waals surface area contributed by atoms with Crippen molar-refractivity contribution in [3.05, 3.63) is 42.0 Å². The van der Waals surface area contributed by atoms with E-state index in [1.165, 1.54) is 6.33 Å². The highest BCUT2D eigenvalue weighted by molar-refractivity contribution is 6.01. The van der Waals surface area contributed by atoms with Crippen LogP contribution < -0.4 is 5.32 Å². The fraction of sp³-hybridized carbons (Fsp3) is 0.182. The Kier molecular flexibility index (Phi) is 4.66. The number of nitrogens with one attached hydrogen (secondary N) is 2. The fourth-order valence-corrected chi connectivity index (χ4v) is 1.45. The van der Waals surface area contributed by atoms with E-state index < -0.39 is 0 Å². The topological polar surface area (TPSA) is 70.7 Å². The second-order valence-corrected chi connectivity index (χ2v) is 3.30. The zero-order chi connectivity index (χ0) is 11.4. The van der Waals surface area contributed by atoms with Gasteiger partial charge in [-0.2, -0.15) is 5.10 Å². The molecule has 0 bridgehead atoms. The van der Waals surface area contributed by atoms with Gasteiger partial charge in [-0.15, -0.1) is 12.4 Å². The van der Waals surface area contributed by atoms with Crippen molar-refractivity contribution in [2.45, 2.75) is 13.3 Å². The van der Waals surface area contributed by atoms with Gasteiger partial charge in [-0.1, -0.05) is 25.1 Å². The predicted octanol–water partition coefficient (Wildman–Crippen LogP) is 2.04. The zero-order valence-electron chi connectivity index (χ0n) is 9.30. The summed E-state index contributed by atoms with van der Waals surface area (Å²) in [5.74, 6) is -0.0655. The van der Waals surface area contributed by atoms with Gasteiger partial charge in [0.1, 0.15) is 6.33 Å². The van der Waals surface area contributed by atoms with Crippen molar-refractivity contribution in [1.82, 2.24) is 15.2 Å². The fourth-order valence-electron chi connectivity index (χ4n) is 1.45. The highest BCUT2D eigenvalue weighted by Crippen LogP contribution is 2.15. The number of carbonyl (C=O) groups excluding carboxylic acids is 1. The van der Waals surface area contributed by atoms with Crippen molar-refractivity contribution in [3.8, 4) is 0 Å². The van der Waals surface area contributed by atoms with Crippen LogP contribution in [0.1, 0.15) is 23.1 Å². The number of aromatic nitrogens is 3. The number of aryl methyl sites for hydroxylation is 1. The van der Waals surface area contributed by atoms with E-state index in [9.17, 15) is 4.79 Å². The number of amides is 1. The van der Waals surface area contributed by atoms with Crippen LogP contribution in [-0.2, 0) is 6.42 Å². The lowest BCUT2D eigenvalue weighted by Crippen LogP contribution is -2.14. The van der Waals surface area contributed by atoms with Crippen molar-refractivity contribution in [3.63, 3.8) is 0 Å². The number of anilines is 1. The van der Waals surface area contributed by atoms with Crippen LogP contribution in [0.5, 0.6) is 0 Å². The monoisotopic (exact) mass is 252 g/mol. The van der Waals surface area contributed by atoms with E-state index in [-0.39, 0.29) is 24.1 Å². The molecule has 0 radical (unpaired) electrons. The van der Waals surface area contributed by atoms with Gasteiger partial charge in [0.25, 0.3) is 5.91 Å². The van der Waals surface area contributed by atoms with Crippen LogP contribution in [-0.4, -0.2) is 21.1 Å². The van der Waals surface area contributed by atoms with Gasteiger partial charge in [-0.25, -0.2) is 4.98 Å². The molecule has 90 valence electrons. The maximum atomic E-state index is 11.7. The molecular formula is C11H13ClN4O. The maximum absolute atomic E-state index is 11.7. The Hall–Kier alpha value is -1.88. The predicted molar refractivity (Wildman–Crippen MR) is 67.4 cm³/mol. The van der Waals surface area contributed by atoms with Gasteiger partial charge < -0.3 is 5.32 Å². The van der Waals surface area contributed by atoms with Gasteiger partial charge >= 0.3 is 0 Å². The number of rotatable bonds is 3. The lowest BCUT2D eigenvalue weighted by Gasteiger charge is -2.07. The molecule has 1 amide bonds. The molecule has 1 aromatic heterocycles. The summed E-state index contributed by atoms with van der Waals surface area (Å²) >= 11 is 0. The molecule has 2 aromatic rings. The standard InChI is InChI=1S/C11H12N4O.ClH/c1-2-8-5-3-4-6-9(8)14-11(16)10-12-7-13-15-10;/h3-7H,2H2,1H3,(H,14,16)(H,12,13,15);1H. The van der Waals surface area contributed by atoms with Gasteiger partial charge in [-0.05, 0) is 18.1 Å². The number of carbonyl (C=O) groups is 1. The van der Waals surface area contributed by atoms with Crippen LogP contribution in [0.3, 0.4) is 0 Å². The first-order valence-corrected chi connectivity index (χ1v) is 5.06. The average molecular weight is 253 g/mol. The molecule has 17 heavy (non-hydrogen) atoms. The molecule has 0 aliphatic heterocycles. The first kappa shape index (κ1) is 13.2. The van der Waals surface area contributed by atoms with Crippen molar-refractivity contribution in [1.29, 1.82) is 0 Å². The smallest absolute Gasteiger partial charge is 0.292 e. The third-order valence-electron chi connectivity index (χ3n) is 2.28. The Morgan fingerprint density at radius 3 is 2.82 bits per heavy atom. The first-order chi connectivity index (χ1) is 7.81. The molecule has 2 N–H and O–H groups in total. The van der Waals surface area contributed by atoms with E-state index in [4.69, 9.17) is 0 Å². The number of halogens is 1. The number of nitrogens with zero attached hydrogens (tertiary/aromatic N) is 2. The molecule has 0 aliphatic rings. The summed E-state index contributed by atoms with van der Waals surface area (Å²) in [5.41, 5.74) is 1.90. The van der Waals surface area contributed by atoms with Crippen LogP contribution in [0, 0.1) is 0 Å². The van der Waals surface area contributed by atoms with Crippen LogP contribution in [0.4, 0.5) is 5.69 Å². The van der Waals surface area contributed by atoms with Gasteiger partial charge in [0, 0.05) is 5.69 Å². The summed E-state index contributed by atoms with van der Waals surface area (Å²) in [4.78, 5) is 15.5. The van der Waals surface area contributed by atoms with Crippen LogP contribution in [0.2, 0.25) is 0 Å². The molecule has 1 heterocycles. The Morgan fingerprint density at radius 2 is 2.18 bits per heavy atom. The third kappa shape index (κ3) is 3.04. The van der Waals surface area contributed by atoms with E-state index >= 15 is 0 Å². The number of benzene rings is 1. The number of para-hydroxylation sites is 1. The summed E-state index contributed by atoms with van der Waals surface area (Å²) in [5, 5.41) is 8.94. The third-order valence-corrected chi connectivity index (χ3v) is 2.28. The summed E-state index contributed by atoms with van der Waals surface area (Å²) in [7, 11) is 0. The Morgan fingerprint density at radius 1 is 1.41 bits per heavy atom. The second kappa shape index (κ2) is 6.00. The molecule has 6 heteroatoms. The molecule has 0 aliphatic carbocycles. The molecule has 0 unspecified atom stereocenters. The van der Waals surface area contributed by atoms with Crippen LogP contribution in [0.15, 0.2) is 30.6 Å². The van der Waals surface area contributed by atoms with E-state index in [2.05, 4.69) is 20.5 Å². The van der Waals surface area contributed by atoms with E-state index in [1.54, 1.807) is 0 Å². The van der Waals surface area contributed by atoms with Gasteiger partial charge in [0.05, 0.1) is 0 Å². The van der Waals surface area contributed by atoms with E-state index in [0.717, 1.165) is 17.7 Å². The largest absolute Gasteiger partial charge is 0.319 e. The lowest BCUT2D eigenvalue weighted by molar-refractivity contribution is 0.101. The van der Waals surface area contributed by atoms with E-state index in [1.807, 2.05) is 31.2 Å². The number of hydrogen-bond acceptors (Lipinski definition) is 3. The van der Waals surface area contributed by atoms with Gasteiger partial charge in [0.2, 0.25) is 5.82 Å². The SMILES string of the molecule is CCc1ccccc1NC(=O)c1ncn[nH]1.Cl. The minimum absolute atomic E-state index is 0. The molecular weight excluding hydrogens is 240 g/mol. The van der Waals surface area contributed by atoms with Crippen molar-refractivity contribution in [2.24, 2.45) is 0 Å². The average Bonchev–Trinajstić information content (AvgIpc) is 2.83. The Bertz CT molecular complexity index is 484. The van der Waals surface area contributed by atoms with Crippen LogP contribution in [0.25, 0.3) is 0 Å². The normalized spacial score (nSPS) is 9.47. The quantitative estimate of drug-likeness (QED) is 0.878. The maximum Gasteiger partial charge on any atom is 0.292 e. The minimum Gasteiger partial charge on any atom is -0.319 e. The highest BCUT2D eigenvalue weighted by Gasteiger charge is 2.10. The Labute approximate surface area is 105 Å². The lowest BCUT2D eigenvalue weighted by atomic mass is 10.1. The van der Waals surface area contributed by atoms with Crippen molar-refractivity contribution in [2.75, 3.05) is 5.32 Å². The molecule has 0 atom stereocenters. The van der Waals surface area contributed by atoms with Gasteiger partial charge in [-0.3, -0.25) is 9.89 Å². The molecule has 0 saturated carbocycles. The molecule has 2 rings (SSSR count). The number of aromatic amines is 1. The minimum atomic E-state index is -0.279. The summed E-state index contributed by atoms with van der Waals surface area (Å²) in [6.07, 6.45) is 2.17. The summed E-state index contributed by atoms with van der Waals surface area (Å²) < 4.78 is 0. The summed E-state index contributed by atoms with van der Waals surface area (Å²) in [6.45, 7) is 2.04. The second-order valence-electron chi connectivity index (χ2n) is 3.30. The summed E-state index contributed by atoms with van der Waals surface area (Å²) in [6, 6.07) is 7.68. The molecule has 0 spiro atoms. The number of H-pyrrole nitrogens is 1. The van der Waals surface area contributed by atoms with E-state index in [0.29, 0.717) is 0 Å². The highest BCUT2D eigenvalue weighted by atomic mass is 35.5. The van der Waals surface area contributed by atoms with Crippen LogP contribution >= 0.6 is 12.4 Å². The molecule has 1 aromatic carbocycles. The van der Waals surface area contributed by atoms with Gasteiger partial charge in [0.15, 0.2) is 0 Å². The Balaban J connectivity index is 0.00000144. The van der Waals surface area contributed by atoms with Crippen molar-refractivity contribution >= 4 is 24.0 Å². The van der Waals surface area contributed by atoms with Crippen molar-refractivity contribution < 1.29 is 4.79 Å². The molecule has 0 fully saturated rings.